The number of likely N-dealkylation sites (tertiary alicyclic amines) is 1. The summed E-state index contributed by atoms with van der Waals surface area (Å²) in [7, 11) is 1.95. The number of aromatic nitrogens is 2. The standard InChI is InChI=1S/C13H20N4/c1-13(11-14)4-7-17(8-5-13)6-3-12-9-15-16(2)10-12/h9-10H,3-8H2,1-2H3. The molecule has 4 nitrogen and oxygen atoms in total. The third-order valence-corrected chi connectivity index (χ3v) is 3.70. The van der Waals surface area contributed by atoms with Gasteiger partial charge in [-0.3, -0.25) is 4.68 Å². The van der Waals surface area contributed by atoms with E-state index in [9.17, 15) is 0 Å². The zero-order valence-electron chi connectivity index (χ0n) is 10.7. The van der Waals surface area contributed by atoms with Crippen LogP contribution in [-0.4, -0.2) is 34.3 Å². The van der Waals surface area contributed by atoms with E-state index in [1.54, 1.807) is 0 Å². The smallest absolute Gasteiger partial charge is 0.0687 e. The Morgan fingerprint density at radius 1 is 1.47 bits per heavy atom. The summed E-state index contributed by atoms with van der Waals surface area (Å²) in [5.74, 6) is 0. The van der Waals surface area contributed by atoms with Crippen molar-refractivity contribution in [2.45, 2.75) is 26.2 Å². The van der Waals surface area contributed by atoms with Gasteiger partial charge in [-0.25, -0.2) is 0 Å². The summed E-state index contributed by atoms with van der Waals surface area (Å²) in [6, 6.07) is 2.44. The van der Waals surface area contributed by atoms with Crippen LogP contribution in [0.4, 0.5) is 0 Å². The molecule has 0 aliphatic carbocycles. The minimum Gasteiger partial charge on any atom is -0.303 e. The van der Waals surface area contributed by atoms with Gasteiger partial charge in [-0.15, -0.1) is 0 Å². The van der Waals surface area contributed by atoms with E-state index in [0.717, 1.165) is 38.9 Å². The highest BCUT2D eigenvalue weighted by Gasteiger charge is 2.29. The van der Waals surface area contributed by atoms with Gasteiger partial charge in [-0.2, -0.15) is 10.4 Å². The molecular formula is C13H20N4. The Morgan fingerprint density at radius 2 is 2.18 bits per heavy atom. The second-order valence-electron chi connectivity index (χ2n) is 5.29. The second-order valence-corrected chi connectivity index (χ2v) is 5.29. The third kappa shape index (κ3) is 3.07. The van der Waals surface area contributed by atoms with Crippen molar-refractivity contribution in [3.63, 3.8) is 0 Å². The molecular weight excluding hydrogens is 212 g/mol. The number of aryl methyl sites for hydroxylation is 1. The number of hydrogen-bond acceptors (Lipinski definition) is 3. The summed E-state index contributed by atoms with van der Waals surface area (Å²) < 4.78 is 1.85. The van der Waals surface area contributed by atoms with Crippen LogP contribution < -0.4 is 0 Å². The van der Waals surface area contributed by atoms with E-state index in [1.807, 2.05) is 17.9 Å². The largest absolute Gasteiger partial charge is 0.303 e. The van der Waals surface area contributed by atoms with E-state index < -0.39 is 0 Å². The predicted octanol–water partition coefficient (Wildman–Crippen LogP) is 1.59. The molecule has 1 aliphatic rings. The van der Waals surface area contributed by atoms with Crippen LogP contribution in [-0.2, 0) is 13.5 Å². The van der Waals surface area contributed by atoms with Crippen molar-refractivity contribution in [3.8, 4) is 6.07 Å². The van der Waals surface area contributed by atoms with Gasteiger partial charge in [-0.05, 0) is 44.8 Å². The molecule has 1 fully saturated rings. The highest BCUT2D eigenvalue weighted by Crippen LogP contribution is 2.29. The summed E-state index contributed by atoms with van der Waals surface area (Å²) in [5.41, 5.74) is 1.20. The second kappa shape index (κ2) is 4.89. The van der Waals surface area contributed by atoms with Crippen LogP contribution in [0.15, 0.2) is 12.4 Å². The van der Waals surface area contributed by atoms with Crippen LogP contribution in [0.25, 0.3) is 0 Å². The van der Waals surface area contributed by atoms with Gasteiger partial charge in [0.1, 0.15) is 0 Å². The van der Waals surface area contributed by atoms with E-state index in [0.29, 0.717) is 0 Å². The van der Waals surface area contributed by atoms with Gasteiger partial charge in [0.25, 0.3) is 0 Å². The first kappa shape index (κ1) is 12.1. The Morgan fingerprint density at radius 3 is 2.71 bits per heavy atom. The summed E-state index contributed by atoms with van der Waals surface area (Å²) >= 11 is 0. The van der Waals surface area contributed by atoms with Crippen LogP contribution in [0.5, 0.6) is 0 Å². The Bertz CT molecular complexity index is 407. The maximum absolute atomic E-state index is 9.07. The predicted molar refractivity (Wildman–Crippen MR) is 66.3 cm³/mol. The van der Waals surface area contributed by atoms with E-state index in [4.69, 9.17) is 5.26 Å². The molecule has 0 unspecified atom stereocenters. The molecule has 0 N–H and O–H groups in total. The molecule has 1 aromatic rings. The quantitative estimate of drug-likeness (QED) is 0.795. The Hall–Kier alpha value is -1.34. The van der Waals surface area contributed by atoms with Crippen molar-refractivity contribution in [3.05, 3.63) is 18.0 Å². The summed E-state index contributed by atoms with van der Waals surface area (Å²) in [6.45, 7) is 5.24. The van der Waals surface area contributed by atoms with Gasteiger partial charge in [0.05, 0.1) is 17.7 Å². The van der Waals surface area contributed by atoms with Gasteiger partial charge >= 0.3 is 0 Å². The first-order valence-corrected chi connectivity index (χ1v) is 6.22. The fraction of sp³-hybridized carbons (Fsp3) is 0.692. The van der Waals surface area contributed by atoms with Crippen LogP contribution in [0.3, 0.4) is 0 Å². The molecule has 0 amide bonds. The summed E-state index contributed by atoms with van der Waals surface area (Å²) in [4.78, 5) is 2.45. The average molecular weight is 232 g/mol. The van der Waals surface area contributed by atoms with Gasteiger partial charge in [0.15, 0.2) is 0 Å². The first-order valence-electron chi connectivity index (χ1n) is 6.22. The van der Waals surface area contributed by atoms with Crippen molar-refractivity contribution in [2.24, 2.45) is 12.5 Å². The van der Waals surface area contributed by atoms with Crippen LogP contribution >= 0.6 is 0 Å². The van der Waals surface area contributed by atoms with Gasteiger partial charge in [0.2, 0.25) is 0 Å². The summed E-state index contributed by atoms with van der Waals surface area (Å²) in [5, 5.41) is 13.2. The molecule has 1 aromatic heterocycles. The van der Waals surface area contributed by atoms with Crippen LogP contribution in [0, 0.1) is 16.7 Å². The van der Waals surface area contributed by atoms with Crippen molar-refractivity contribution >= 4 is 0 Å². The molecule has 0 aromatic carbocycles. The molecule has 1 aliphatic heterocycles. The molecule has 17 heavy (non-hydrogen) atoms. The first-order chi connectivity index (χ1) is 8.11. The maximum atomic E-state index is 9.07. The van der Waals surface area contributed by atoms with E-state index in [-0.39, 0.29) is 5.41 Å². The maximum Gasteiger partial charge on any atom is 0.0687 e. The van der Waals surface area contributed by atoms with E-state index in [2.05, 4.69) is 29.2 Å². The molecule has 0 atom stereocenters. The highest BCUT2D eigenvalue weighted by atomic mass is 15.2. The molecule has 2 heterocycles. The van der Waals surface area contributed by atoms with Crippen LogP contribution in [0.2, 0.25) is 0 Å². The lowest BCUT2D eigenvalue weighted by atomic mass is 9.82. The van der Waals surface area contributed by atoms with Gasteiger partial charge in [0, 0.05) is 19.8 Å². The van der Waals surface area contributed by atoms with Gasteiger partial charge < -0.3 is 4.90 Å². The van der Waals surface area contributed by atoms with Crippen molar-refractivity contribution < 1.29 is 0 Å². The van der Waals surface area contributed by atoms with Gasteiger partial charge in [-0.1, -0.05) is 0 Å². The molecule has 0 bridgehead atoms. The number of rotatable bonds is 3. The van der Waals surface area contributed by atoms with E-state index >= 15 is 0 Å². The van der Waals surface area contributed by atoms with Crippen LogP contribution in [0.1, 0.15) is 25.3 Å². The third-order valence-electron chi connectivity index (χ3n) is 3.70. The average Bonchev–Trinajstić information content (AvgIpc) is 2.75. The number of piperidine rings is 1. The molecule has 1 saturated heterocycles. The monoisotopic (exact) mass is 232 g/mol. The summed E-state index contributed by atoms with van der Waals surface area (Å²) in [6.07, 6.45) is 7.05. The minimum atomic E-state index is -0.0925. The Balaban J connectivity index is 1.77. The fourth-order valence-electron chi connectivity index (χ4n) is 2.27. The van der Waals surface area contributed by atoms with Crippen molar-refractivity contribution in [2.75, 3.05) is 19.6 Å². The highest BCUT2D eigenvalue weighted by molar-refractivity contribution is 5.04. The fourth-order valence-corrected chi connectivity index (χ4v) is 2.27. The Kier molecular flexibility index (Phi) is 3.49. The SMILES string of the molecule is Cn1cc(CCN2CCC(C)(C#N)CC2)cn1. The lowest BCUT2D eigenvalue weighted by Crippen LogP contribution is -2.38. The zero-order chi connectivity index (χ0) is 12.3. The minimum absolute atomic E-state index is 0.0925. The Labute approximate surface area is 103 Å². The van der Waals surface area contributed by atoms with Crippen molar-refractivity contribution in [1.29, 1.82) is 5.26 Å². The molecule has 2 rings (SSSR count). The molecule has 0 saturated carbocycles. The normalized spacial score (nSPS) is 20.1. The number of hydrogen-bond donors (Lipinski definition) is 0. The topological polar surface area (TPSA) is 44.9 Å². The number of nitriles is 1. The molecule has 4 heteroatoms. The lowest BCUT2D eigenvalue weighted by Gasteiger charge is -2.34. The molecule has 0 spiro atoms. The molecule has 0 radical (unpaired) electrons. The zero-order valence-corrected chi connectivity index (χ0v) is 10.7. The lowest BCUT2D eigenvalue weighted by molar-refractivity contribution is 0.158. The number of nitrogens with zero attached hydrogens (tertiary/aromatic N) is 4. The molecule has 92 valence electrons. The van der Waals surface area contributed by atoms with Crippen molar-refractivity contribution in [1.82, 2.24) is 14.7 Å². The van der Waals surface area contributed by atoms with E-state index in [1.165, 1.54) is 5.56 Å².